The van der Waals surface area contributed by atoms with Crippen molar-refractivity contribution in [1.82, 2.24) is 9.97 Å². The minimum absolute atomic E-state index is 0.501. The smallest absolute Gasteiger partial charge is 0.162 e. The average Bonchev–Trinajstić information content (AvgIpc) is 2.25. The zero-order valence-electron chi connectivity index (χ0n) is 9.26. The Morgan fingerprint density at radius 2 is 1.94 bits per heavy atom. The van der Waals surface area contributed by atoms with Gasteiger partial charge in [0, 0.05) is 10.0 Å². The summed E-state index contributed by atoms with van der Waals surface area (Å²) in [7, 11) is 0. The predicted octanol–water partition coefficient (Wildman–Crippen LogP) is 4.78. The number of benzene rings is 1. The number of nitrogens with zero attached hydrogens (tertiary/aromatic N) is 2. The Morgan fingerprint density at radius 3 is 2.53 bits per heavy atom. The van der Waals surface area contributed by atoms with Gasteiger partial charge >= 0.3 is 0 Å². The summed E-state index contributed by atoms with van der Waals surface area (Å²) in [5.74, 6) is 0.653. The number of hydrogen-bond donors (Lipinski definition) is 0. The van der Waals surface area contributed by atoms with E-state index in [2.05, 4.69) is 48.5 Å². The minimum atomic E-state index is 0.501. The van der Waals surface area contributed by atoms with Crippen LogP contribution in [0.3, 0.4) is 0 Å². The molecule has 0 unspecified atom stereocenters. The van der Waals surface area contributed by atoms with Crippen LogP contribution in [0.15, 0.2) is 22.7 Å². The van der Waals surface area contributed by atoms with Gasteiger partial charge in [0.05, 0.1) is 9.26 Å². The first-order valence-corrected chi connectivity index (χ1v) is 7.20. The molecule has 0 bridgehead atoms. The first-order valence-electron chi connectivity index (χ1n) is 4.95. The molecule has 1 aromatic carbocycles. The predicted molar refractivity (Wildman–Crippen MR) is 82.4 cm³/mol. The van der Waals surface area contributed by atoms with E-state index in [1.807, 2.05) is 32.0 Å². The van der Waals surface area contributed by atoms with E-state index in [-0.39, 0.29) is 0 Å². The molecular formula is C12H9BrClIN2. The highest BCUT2D eigenvalue weighted by Gasteiger charge is 2.11. The average molecular weight is 423 g/mol. The summed E-state index contributed by atoms with van der Waals surface area (Å²) in [5, 5.41) is 0.501. The fourth-order valence-electron chi connectivity index (χ4n) is 1.45. The van der Waals surface area contributed by atoms with Crippen LogP contribution in [0.4, 0.5) is 0 Å². The van der Waals surface area contributed by atoms with Crippen molar-refractivity contribution in [2.24, 2.45) is 0 Å². The summed E-state index contributed by atoms with van der Waals surface area (Å²) >= 11 is 11.8. The molecule has 0 spiro atoms. The van der Waals surface area contributed by atoms with Gasteiger partial charge < -0.3 is 0 Å². The summed E-state index contributed by atoms with van der Waals surface area (Å²) in [4.78, 5) is 8.77. The first-order chi connectivity index (χ1) is 7.99. The van der Waals surface area contributed by atoms with Crippen LogP contribution in [0.1, 0.15) is 11.3 Å². The fraction of sp³-hybridized carbons (Fsp3) is 0.167. The van der Waals surface area contributed by atoms with Crippen LogP contribution < -0.4 is 0 Å². The van der Waals surface area contributed by atoms with Crippen LogP contribution >= 0.6 is 50.1 Å². The largest absolute Gasteiger partial charge is 0.232 e. The Labute approximate surface area is 127 Å². The van der Waals surface area contributed by atoms with E-state index >= 15 is 0 Å². The van der Waals surface area contributed by atoms with E-state index in [1.165, 1.54) is 5.56 Å². The number of halogens is 3. The normalized spacial score (nSPS) is 10.6. The monoisotopic (exact) mass is 422 g/mol. The zero-order chi connectivity index (χ0) is 12.6. The van der Waals surface area contributed by atoms with E-state index in [9.17, 15) is 0 Å². The van der Waals surface area contributed by atoms with Crippen molar-refractivity contribution in [2.75, 3.05) is 0 Å². The van der Waals surface area contributed by atoms with E-state index < -0.39 is 0 Å². The van der Waals surface area contributed by atoms with Crippen LogP contribution in [-0.2, 0) is 0 Å². The van der Waals surface area contributed by atoms with Crippen molar-refractivity contribution in [3.8, 4) is 11.4 Å². The lowest BCUT2D eigenvalue weighted by Crippen LogP contribution is -1.97. The van der Waals surface area contributed by atoms with Gasteiger partial charge in [0.25, 0.3) is 0 Å². The van der Waals surface area contributed by atoms with Gasteiger partial charge in [-0.2, -0.15) is 0 Å². The molecule has 0 aliphatic heterocycles. The van der Waals surface area contributed by atoms with Gasteiger partial charge in [0.1, 0.15) is 5.15 Å². The minimum Gasteiger partial charge on any atom is -0.232 e. The Morgan fingerprint density at radius 1 is 1.24 bits per heavy atom. The lowest BCUT2D eigenvalue weighted by atomic mass is 10.1. The number of hydrogen-bond acceptors (Lipinski definition) is 2. The second-order valence-corrected chi connectivity index (χ2v) is 6.01. The van der Waals surface area contributed by atoms with E-state index in [4.69, 9.17) is 11.6 Å². The summed E-state index contributed by atoms with van der Waals surface area (Å²) in [6.45, 7) is 3.97. The molecule has 0 aliphatic rings. The third-order valence-electron chi connectivity index (χ3n) is 2.34. The number of rotatable bonds is 1. The lowest BCUT2D eigenvalue weighted by molar-refractivity contribution is 1.09. The Bertz CT molecular complexity index is 564. The van der Waals surface area contributed by atoms with Crippen LogP contribution in [0.2, 0.25) is 5.15 Å². The lowest BCUT2D eigenvalue weighted by Gasteiger charge is -2.07. The SMILES string of the molecule is Cc1ccc(-c2nc(C)c(I)c(Cl)n2)c(Br)c1. The second kappa shape index (κ2) is 5.20. The van der Waals surface area contributed by atoms with Crippen molar-refractivity contribution in [3.05, 3.63) is 42.7 Å². The third kappa shape index (κ3) is 2.80. The molecule has 0 fully saturated rings. The summed E-state index contributed by atoms with van der Waals surface area (Å²) < 4.78 is 1.88. The van der Waals surface area contributed by atoms with Gasteiger partial charge in [-0.25, -0.2) is 9.97 Å². The van der Waals surface area contributed by atoms with Crippen LogP contribution in [0.25, 0.3) is 11.4 Å². The van der Waals surface area contributed by atoms with Gasteiger partial charge in [-0.15, -0.1) is 0 Å². The van der Waals surface area contributed by atoms with E-state index in [0.29, 0.717) is 11.0 Å². The molecule has 0 atom stereocenters. The van der Waals surface area contributed by atoms with Gasteiger partial charge in [0.15, 0.2) is 5.82 Å². The summed E-state index contributed by atoms with van der Waals surface area (Å²) in [6.07, 6.45) is 0. The van der Waals surface area contributed by atoms with E-state index in [1.54, 1.807) is 0 Å². The van der Waals surface area contributed by atoms with Crippen molar-refractivity contribution in [1.29, 1.82) is 0 Å². The maximum atomic E-state index is 6.08. The van der Waals surface area contributed by atoms with Gasteiger partial charge in [0.2, 0.25) is 0 Å². The van der Waals surface area contributed by atoms with Gasteiger partial charge in [-0.1, -0.05) is 33.6 Å². The van der Waals surface area contributed by atoms with Crippen LogP contribution in [-0.4, -0.2) is 9.97 Å². The molecule has 1 heterocycles. The molecule has 0 radical (unpaired) electrons. The number of aryl methyl sites for hydroxylation is 2. The van der Waals surface area contributed by atoms with Crippen molar-refractivity contribution >= 4 is 50.1 Å². The molecule has 2 nitrogen and oxygen atoms in total. The summed E-state index contributed by atoms with van der Waals surface area (Å²) in [6, 6.07) is 6.07. The molecule has 2 rings (SSSR count). The molecular weight excluding hydrogens is 414 g/mol. The second-order valence-electron chi connectivity index (χ2n) is 3.72. The molecule has 0 N–H and O–H groups in total. The van der Waals surface area contributed by atoms with Crippen molar-refractivity contribution < 1.29 is 0 Å². The van der Waals surface area contributed by atoms with Gasteiger partial charge in [-0.3, -0.25) is 0 Å². The molecule has 17 heavy (non-hydrogen) atoms. The fourth-order valence-corrected chi connectivity index (χ4v) is 2.57. The zero-order valence-corrected chi connectivity index (χ0v) is 13.8. The molecule has 5 heteroatoms. The standard InChI is InChI=1S/C12H9BrClIN2/c1-6-3-4-8(9(13)5-6)12-16-7(2)10(15)11(14)17-12/h3-5H,1-2H3. The molecule has 2 aromatic rings. The van der Waals surface area contributed by atoms with Gasteiger partial charge in [-0.05, 0) is 54.1 Å². The van der Waals surface area contributed by atoms with Crippen molar-refractivity contribution in [3.63, 3.8) is 0 Å². The topological polar surface area (TPSA) is 25.8 Å². The molecule has 1 aromatic heterocycles. The molecule has 0 saturated carbocycles. The molecule has 0 aliphatic carbocycles. The Kier molecular flexibility index (Phi) is 4.05. The third-order valence-corrected chi connectivity index (χ3v) is 4.88. The van der Waals surface area contributed by atoms with Crippen LogP contribution in [0.5, 0.6) is 0 Å². The van der Waals surface area contributed by atoms with Crippen LogP contribution in [0, 0.1) is 17.4 Å². The van der Waals surface area contributed by atoms with E-state index in [0.717, 1.165) is 19.3 Å². The highest BCUT2D eigenvalue weighted by atomic mass is 127. The quantitative estimate of drug-likeness (QED) is 0.487. The molecule has 0 amide bonds. The Hall–Kier alpha value is -0.200. The number of aromatic nitrogens is 2. The molecule has 0 saturated heterocycles. The first kappa shape index (κ1) is 13.2. The highest BCUT2D eigenvalue weighted by Crippen LogP contribution is 2.29. The summed E-state index contributed by atoms with van der Waals surface area (Å²) in [5.41, 5.74) is 3.04. The maximum Gasteiger partial charge on any atom is 0.162 e. The maximum absolute atomic E-state index is 6.08. The highest BCUT2D eigenvalue weighted by molar-refractivity contribution is 14.1. The molecule has 88 valence electrons. The van der Waals surface area contributed by atoms with Crippen molar-refractivity contribution in [2.45, 2.75) is 13.8 Å². The Balaban J connectivity index is 2.61.